The van der Waals surface area contributed by atoms with Gasteiger partial charge in [-0.1, -0.05) is 23.7 Å². The number of nitrogens with one attached hydrogen (secondary N) is 1. The van der Waals surface area contributed by atoms with Gasteiger partial charge in [-0.25, -0.2) is 9.69 Å². The van der Waals surface area contributed by atoms with E-state index in [0.29, 0.717) is 11.3 Å². The number of fused-ring (bicyclic) bond motifs is 1. The van der Waals surface area contributed by atoms with Crippen molar-refractivity contribution in [2.24, 2.45) is 0 Å². The van der Waals surface area contributed by atoms with E-state index in [1.54, 1.807) is 32.0 Å². The summed E-state index contributed by atoms with van der Waals surface area (Å²) in [5, 5.41) is 11.8. The molecule has 34 heavy (non-hydrogen) atoms. The smallest absolute Gasteiger partial charge is 0.338 e. The van der Waals surface area contributed by atoms with Gasteiger partial charge in [0.05, 0.1) is 27.4 Å². The molecule has 9 nitrogen and oxygen atoms in total. The molecule has 0 radical (unpaired) electrons. The van der Waals surface area contributed by atoms with Crippen LogP contribution >= 0.6 is 11.6 Å². The van der Waals surface area contributed by atoms with E-state index in [4.69, 9.17) is 20.8 Å². The van der Waals surface area contributed by atoms with Crippen molar-refractivity contribution in [3.05, 3.63) is 81.1 Å². The van der Waals surface area contributed by atoms with Crippen LogP contribution in [0.1, 0.15) is 48.0 Å². The fourth-order valence-electron chi connectivity index (χ4n) is 3.45. The summed E-state index contributed by atoms with van der Waals surface area (Å²) in [5.41, 5.74) is 1.13. The summed E-state index contributed by atoms with van der Waals surface area (Å²) in [4.78, 5) is 51.2. The number of nitrogens with zero attached hydrogens (tertiary/aromatic N) is 2. The number of rotatable bonds is 5. The molecule has 3 aromatic rings. The second-order valence-electron chi connectivity index (χ2n) is 7.38. The van der Waals surface area contributed by atoms with Gasteiger partial charge >= 0.3 is 5.97 Å². The summed E-state index contributed by atoms with van der Waals surface area (Å²) in [7, 11) is 0. The lowest BCUT2D eigenvalue weighted by atomic mass is 10.1. The van der Waals surface area contributed by atoms with Gasteiger partial charge in [0, 0.05) is 5.56 Å². The second kappa shape index (κ2) is 8.84. The molecule has 2 aromatic carbocycles. The van der Waals surface area contributed by atoms with Crippen molar-refractivity contribution < 1.29 is 28.3 Å². The lowest BCUT2D eigenvalue weighted by molar-refractivity contribution is -0.119. The molecule has 2 heterocycles. The molecule has 0 atom stereocenters. The molecule has 0 aliphatic carbocycles. The Balaban J connectivity index is 1.47. The van der Waals surface area contributed by atoms with Gasteiger partial charge in [0.2, 0.25) is 5.88 Å². The zero-order valence-electron chi connectivity index (χ0n) is 18.0. The average Bonchev–Trinajstić information content (AvgIpc) is 3.23. The molecule has 1 aromatic heterocycles. The van der Waals surface area contributed by atoms with Crippen molar-refractivity contribution in [3.8, 4) is 6.07 Å². The fraction of sp³-hybridized carbons (Fsp3) is 0.125. The Kier molecular flexibility index (Phi) is 5.92. The van der Waals surface area contributed by atoms with Crippen LogP contribution in [0.5, 0.6) is 0 Å². The lowest BCUT2D eigenvalue weighted by Crippen LogP contribution is -2.29. The number of amides is 3. The number of aryl methyl sites for hydroxylation is 1. The van der Waals surface area contributed by atoms with E-state index in [1.165, 1.54) is 24.3 Å². The summed E-state index contributed by atoms with van der Waals surface area (Å²) in [5.74, 6) is -2.33. The molecule has 1 N–H and O–H groups in total. The number of para-hydroxylation sites is 1. The van der Waals surface area contributed by atoms with Crippen LogP contribution in [0.15, 0.2) is 46.9 Å². The maximum Gasteiger partial charge on any atom is 0.338 e. The monoisotopic (exact) mass is 477 g/mol. The highest BCUT2D eigenvalue weighted by Gasteiger charge is 2.38. The van der Waals surface area contributed by atoms with Crippen molar-refractivity contribution in [1.29, 1.82) is 5.26 Å². The zero-order chi connectivity index (χ0) is 24.6. The van der Waals surface area contributed by atoms with E-state index in [2.05, 4.69) is 5.32 Å². The van der Waals surface area contributed by atoms with E-state index in [9.17, 15) is 24.4 Å². The third-order valence-electron chi connectivity index (χ3n) is 5.30. The molecule has 10 heteroatoms. The minimum atomic E-state index is -0.873. The first kappa shape index (κ1) is 22.8. The molecule has 0 saturated heterocycles. The number of carbonyl (C=O) groups is 4. The number of ether oxygens (including phenoxy) is 1. The summed E-state index contributed by atoms with van der Waals surface area (Å²) in [6, 6.07) is 12.3. The number of imide groups is 1. The van der Waals surface area contributed by atoms with Crippen LogP contribution in [-0.4, -0.2) is 30.3 Å². The van der Waals surface area contributed by atoms with Crippen LogP contribution in [0.25, 0.3) is 0 Å². The van der Waals surface area contributed by atoms with E-state index in [1.807, 2.05) is 6.07 Å². The Morgan fingerprint density at radius 1 is 1.12 bits per heavy atom. The predicted molar refractivity (Wildman–Crippen MR) is 121 cm³/mol. The number of nitriles is 1. The van der Waals surface area contributed by atoms with Crippen molar-refractivity contribution >= 4 is 46.9 Å². The quantitative estimate of drug-likeness (QED) is 0.434. The summed E-state index contributed by atoms with van der Waals surface area (Å²) in [6.45, 7) is 2.68. The first-order valence-electron chi connectivity index (χ1n) is 9.97. The molecule has 170 valence electrons. The van der Waals surface area contributed by atoms with Gasteiger partial charge < -0.3 is 9.15 Å². The first-order chi connectivity index (χ1) is 16.2. The molecule has 0 saturated carbocycles. The molecule has 0 spiro atoms. The lowest BCUT2D eigenvalue weighted by Gasteiger charge is -2.15. The van der Waals surface area contributed by atoms with Crippen molar-refractivity contribution in [3.63, 3.8) is 0 Å². The minimum Gasteiger partial charge on any atom is -0.452 e. The van der Waals surface area contributed by atoms with Gasteiger partial charge in [-0.3, -0.25) is 19.7 Å². The maximum absolute atomic E-state index is 12.9. The number of hydrogen-bond donors (Lipinski definition) is 1. The zero-order valence-corrected chi connectivity index (χ0v) is 18.7. The Hall–Kier alpha value is -4.42. The fourth-order valence-corrected chi connectivity index (χ4v) is 3.67. The molecule has 4 rings (SSSR count). The molecule has 1 aliphatic heterocycles. The van der Waals surface area contributed by atoms with Crippen LogP contribution < -0.4 is 10.2 Å². The SMILES string of the molecule is Cc1oc(NC(=O)COC(=O)c2ccc3c(c2)C(=O)N(c2ccccc2Cl)C3=O)c(C#N)c1C. The number of esters is 1. The molecule has 0 unspecified atom stereocenters. The summed E-state index contributed by atoms with van der Waals surface area (Å²) in [6.07, 6.45) is 0. The highest BCUT2D eigenvalue weighted by atomic mass is 35.5. The van der Waals surface area contributed by atoms with Gasteiger partial charge in [-0.05, 0) is 44.2 Å². The largest absolute Gasteiger partial charge is 0.452 e. The number of carbonyl (C=O) groups excluding carboxylic acids is 4. The van der Waals surface area contributed by atoms with Gasteiger partial charge in [0.25, 0.3) is 17.7 Å². The molecule has 0 fully saturated rings. The van der Waals surface area contributed by atoms with Crippen LogP contribution in [0, 0.1) is 25.2 Å². The molecule has 0 bridgehead atoms. The number of anilines is 2. The van der Waals surface area contributed by atoms with Gasteiger partial charge in [-0.2, -0.15) is 5.26 Å². The highest BCUT2D eigenvalue weighted by Crippen LogP contribution is 2.33. The molecule has 1 aliphatic rings. The van der Waals surface area contributed by atoms with E-state index in [-0.39, 0.29) is 38.8 Å². The highest BCUT2D eigenvalue weighted by molar-refractivity contribution is 6.39. The molecular weight excluding hydrogens is 462 g/mol. The van der Waals surface area contributed by atoms with Crippen LogP contribution in [0.3, 0.4) is 0 Å². The van der Waals surface area contributed by atoms with E-state index >= 15 is 0 Å². The third kappa shape index (κ3) is 3.91. The average molecular weight is 478 g/mol. The molecular formula is C24H16ClN3O6. The van der Waals surface area contributed by atoms with Gasteiger partial charge in [0.1, 0.15) is 17.4 Å². The van der Waals surface area contributed by atoms with Crippen molar-refractivity contribution in [1.82, 2.24) is 0 Å². The van der Waals surface area contributed by atoms with Crippen LogP contribution in [0.4, 0.5) is 11.6 Å². The number of benzene rings is 2. The number of furan rings is 1. The third-order valence-corrected chi connectivity index (χ3v) is 5.62. The van der Waals surface area contributed by atoms with Gasteiger partial charge in [0.15, 0.2) is 6.61 Å². The Bertz CT molecular complexity index is 1420. The second-order valence-corrected chi connectivity index (χ2v) is 7.79. The summed E-state index contributed by atoms with van der Waals surface area (Å²) < 4.78 is 10.4. The normalized spacial score (nSPS) is 12.4. The minimum absolute atomic E-state index is 0.0175. The topological polar surface area (TPSA) is 130 Å². The van der Waals surface area contributed by atoms with Crippen LogP contribution in [-0.2, 0) is 9.53 Å². The van der Waals surface area contributed by atoms with Crippen molar-refractivity contribution in [2.75, 3.05) is 16.8 Å². The van der Waals surface area contributed by atoms with E-state index in [0.717, 1.165) is 4.90 Å². The summed E-state index contributed by atoms with van der Waals surface area (Å²) >= 11 is 6.13. The molecule has 3 amide bonds. The predicted octanol–water partition coefficient (Wildman–Crippen LogP) is 4.02. The maximum atomic E-state index is 12.9. The number of hydrogen-bond acceptors (Lipinski definition) is 7. The standard InChI is InChI=1S/C24H16ClN3O6/c1-12-13(2)34-21(17(12)10-26)27-20(29)11-33-24(32)14-7-8-15-16(9-14)23(31)28(22(15)30)19-6-4-3-5-18(19)25/h3-9H,11H2,1-2H3,(H,27,29). The van der Waals surface area contributed by atoms with Crippen molar-refractivity contribution in [2.45, 2.75) is 13.8 Å². The number of halogens is 1. The first-order valence-corrected chi connectivity index (χ1v) is 10.3. The Morgan fingerprint density at radius 2 is 1.82 bits per heavy atom. The Morgan fingerprint density at radius 3 is 2.53 bits per heavy atom. The van der Waals surface area contributed by atoms with E-state index < -0.39 is 30.3 Å². The van der Waals surface area contributed by atoms with Gasteiger partial charge in [-0.15, -0.1) is 0 Å². The Labute approximate surface area is 198 Å². The van der Waals surface area contributed by atoms with Crippen LogP contribution in [0.2, 0.25) is 5.02 Å².